The van der Waals surface area contributed by atoms with Gasteiger partial charge in [-0.25, -0.2) is 4.57 Å². The summed E-state index contributed by atoms with van der Waals surface area (Å²) in [5.74, 6) is 0.540. The molecular weight excluding hydrogens is 259 g/mol. The van der Waals surface area contributed by atoms with Gasteiger partial charge in [-0.1, -0.05) is 43.3 Å². The van der Waals surface area contributed by atoms with Crippen molar-refractivity contribution < 1.29 is 13.6 Å². The van der Waals surface area contributed by atoms with Crippen LogP contribution in [0.4, 0.5) is 0 Å². The topological polar surface area (TPSA) is 35.5 Å². The van der Waals surface area contributed by atoms with E-state index in [2.05, 4.69) is 0 Å². The third-order valence-electron chi connectivity index (χ3n) is 2.88. The van der Waals surface area contributed by atoms with E-state index >= 15 is 0 Å². The molecule has 0 saturated heterocycles. The van der Waals surface area contributed by atoms with Crippen molar-refractivity contribution in [2.45, 2.75) is 13.3 Å². The molecule has 2 rings (SSSR count). The summed E-state index contributed by atoms with van der Waals surface area (Å²) < 4.78 is 23.7. The van der Waals surface area contributed by atoms with Gasteiger partial charge in [0, 0.05) is 7.11 Å². The van der Waals surface area contributed by atoms with Crippen molar-refractivity contribution in [3.63, 3.8) is 0 Å². The smallest absolute Gasteiger partial charge is 0.410 e. The number of hydrogen-bond donors (Lipinski definition) is 0. The maximum Gasteiger partial charge on any atom is 0.410 e. The van der Waals surface area contributed by atoms with E-state index in [0.717, 1.165) is 12.0 Å². The number of benzene rings is 2. The van der Waals surface area contributed by atoms with Crippen LogP contribution in [0.1, 0.15) is 12.5 Å². The second-order valence-corrected chi connectivity index (χ2v) is 6.09. The van der Waals surface area contributed by atoms with Crippen LogP contribution in [0.2, 0.25) is 0 Å². The lowest BCUT2D eigenvalue weighted by molar-refractivity contribution is 0.333. The Morgan fingerprint density at radius 3 is 2.26 bits per heavy atom. The van der Waals surface area contributed by atoms with Crippen molar-refractivity contribution in [2.75, 3.05) is 7.11 Å². The van der Waals surface area contributed by atoms with Crippen LogP contribution in [0, 0.1) is 0 Å². The minimum absolute atomic E-state index is 0.540. The first-order valence-corrected chi connectivity index (χ1v) is 7.73. The van der Waals surface area contributed by atoms with E-state index in [1.165, 1.54) is 7.11 Å². The van der Waals surface area contributed by atoms with Crippen LogP contribution in [0.15, 0.2) is 54.6 Å². The van der Waals surface area contributed by atoms with Gasteiger partial charge in [0.2, 0.25) is 0 Å². The van der Waals surface area contributed by atoms with Gasteiger partial charge in [-0.3, -0.25) is 4.52 Å². The van der Waals surface area contributed by atoms with Gasteiger partial charge >= 0.3 is 7.60 Å². The van der Waals surface area contributed by atoms with E-state index in [1.807, 2.05) is 43.3 Å². The third-order valence-corrected chi connectivity index (χ3v) is 4.83. The molecule has 1 unspecified atom stereocenters. The fraction of sp³-hybridized carbons (Fsp3) is 0.200. The summed E-state index contributed by atoms with van der Waals surface area (Å²) >= 11 is 0. The maximum atomic E-state index is 12.9. The lowest BCUT2D eigenvalue weighted by Gasteiger charge is -2.19. The second-order valence-electron chi connectivity index (χ2n) is 4.07. The van der Waals surface area contributed by atoms with Crippen LogP contribution in [0.25, 0.3) is 0 Å². The summed E-state index contributed by atoms with van der Waals surface area (Å²) in [4.78, 5) is 0. The minimum Gasteiger partial charge on any atom is -0.421 e. The largest absolute Gasteiger partial charge is 0.421 e. The summed E-state index contributed by atoms with van der Waals surface area (Å²) in [7, 11) is -1.92. The number of aryl methyl sites for hydroxylation is 1. The molecule has 0 aromatic heterocycles. The zero-order valence-electron chi connectivity index (χ0n) is 11.1. The fourth-order valence-corrected chi connectivity index (χ4v) is 3.50. The molecule has 3 nitrogen and oxygen atoms in total. The van der Waals surface area contributed by atoms with Gasteiger partial charge in [0.05, 0.1) is 5.30 Å². The van der Waals surface area contributed by atoms with E-state index in [0.29, 0.717) is 11.1 Å². The molecule has 1 atom stereocenters. The predicted molar refractivity (Wildman–Crippen MR) is 77.1 cm³/mol. The Morgan fingerprint density at radius 2 is 1.63 bits per heavy atom. The van der Waals surface area contributed by atoms with Crippen LogP contribution >= 0.6 is 7.60 Å². The Morgan fingerprint density at radius 1 is 1.00 bits per heavy atom. The molecule has 2 aromatic carbocycles. The summed E-state index contributed by atoms with van der Waals surface area (Å²) in [6.45, 7) is 2.02. The molecule has 2 aromatic rings. The standard InChI is InChI=1S/C15H17O3P/c1-3-13-9-7-8-12-15(13)19(16,17-2)18-14-10-5-4-6-11-14/h4-12H,3H2,1-2H3. The van der Waals surface area contributed by atoms with Crippen LogP contribution < -0.4 is 9.83 Å². The molecule has 0 N–H and O–H groups in total. The summed E-state index contributed by atoms with van der Waals surface area (Å²) in [5.41, 5.74) is 0.976. The Kier molecular flexibility index (Phi) is 4.41. The molecule has 0 fully saturated rings. The second kappa shape index (κ2) is 6.05. The molecule has 0 saturated carbocycles. The third kappa shape index (κ3) is 3.06. The fourth-order valence-electron chi connectivity index (χ4n) is 1.88. The van der Waals surface area contributed by atoms with Crippen molar-refractivity contribution in [3.05, 3.63) is 60.2 Å². The molecule has 0 radical (unpaired) electrons. The highest BCUT2D eigenvalue weighted by Gasteiger charge is 2.29. The molecule has 0 heterocycles. The van der Waals surface area contributed by atoms with Crippen molar-refractivity contribution in [1.82, 2.24) is 0 Å². The normalized spacial score (nSPS) is 13.8. The average molecular weight is 276 g/mol. The van der Waals surface area contributed by atoms with Crippen LogP contribution in [0.3, 0.4) is 0 Å². The summed E-state index contributed by atoms with van der Waals surface area (Å²) in [5, 5.41) is 0.629. The molecule has 0 spiro atoms. The number of para-hydroxylation sites is 1. The van der Waals surface area contributed by atoms with Crippen molar-refractivity contribution >= 4 is 12.9 Å². The number of rotatable bonds is 5. The Bertz CT molecular complexity index is 581. The average Bonchev–Trinajstić information content (AvgIpc) is 2.48. The highest BCUT2D eigenvalue weighted by Crippen LogP contribution is 2.47. The summed E-state index contributed by atoms with van der Waals surface area (Å²) in [6, 6.07) is 16.6. The quantitative estimate of drug-likeness (QED) is 0.779. The Hall–Kier alpha value is -1.57. The highest BCUT2D eigenvalue weighted by molar-refractivity contribution is 7.62. The Labute approximate surface area is 113 Å². The maximum absolute atomic E-state index is 12.9. The zero-order chi connectivity index (χ0) is 13.7. The first-order valence-electron chi connectivity index (χ1n) is 6.18. The zero-order valence-corrected chi connectivity index (χ0v) is 12.0. The van der Waals surface area contributed by atoms with Gasteiger partial charge in [0.15, 0.2) is 0 Å². The van der Waals surface area contributed by atoms with E-state index < -0.39 is 7.60 Å². The van der Waals surface area contributed by atoms with Crippen LogP contribution in [-0.4, -0.2) is 7.11 Å². The number of hydrogen-bond acceptors (Lipinski definition) is 3. The van der Waals surface area contributed by atoms with E-state index in [-0.39, 0.29) is 0 Å². The van der Waals surface area contributed by atoms with E-state index in [4.69, 9.17) is 9.05 Å². The first-order chi connectivity index (χ1) is 9.19. The monoisotopic (exact) mass is 276 g/mol. The van der Waals surface area contributed by atoms with Crippen molar-refractivity contribution in [1.29, 1.82) is 0 Å². The van der Waals surface area contributed by atoms with E-state index in [1.54, 1.807) is 18.2 Å². The van der Waals surface area contributed by atoms with Crippen molar-refractivity contribution in [2.24, 2.45) is 0 Å². The van der Waals surface area contributed by atoms with Gasteiger partial charge in [-0.15, -0.1) is 0 Å². The summed E-state index contributed by atoms with van der Waals surface area (Å²) in [6.07, 6.45) is 0.779. The Balaban J connectivity index is 2.40. The van der Waals surface area contributed by atoms with Crippen molar-refractivity contribution in [3.8, 4) is 5.75 Å². The van der Waals surface area contributed by atoms with Gasteiger partial charge in [0.1, 0.15) is 5.75 Å². The van der Waals surface area contributed by atoms with Gasteiger partial charge < -0.3 is 4.52 Å². The van der Waals surface area contributed by atoms with Gasteiger partial charge in [-0.2, -0.15) is 0 Å². The SMILES string of the molecule is CCc1ccccc1P(=O)(OC)Oc1ccccc1. The molecule has 0 aliphatic rings. The highest BCUT2D eigenvalue weighted by atomic mass is 31.2. The first kappa shape index (κ1) is 13.9. The molecule has 0 aliphatic heterocycles. The lowest BCUT2D eigenvalue weighted by atomic mass is 10.2. The van der Waals surface area contributed by atoms with E-state index in [9.17, 15) is 4.57 Å². The molecule has 19 heavy (non-hydrogen) atoms. The van der Waals surface area contributed by atoms with Gasteiger partial charge in [-0.05, 0) is 30.2 Å². The predicted octanol–water partition coefficient (Wildman–Crippen LogP) is 3.79. The molecule has 0 aliphatic carbocycles. The van der Waals surface area contributed by atoms with Gasteiger partial charge in [0.25, 0.3) is 0 Å². The van der Waals surface area contributed by atoms with Crippen LogP contribution in [-0.2, 0) is 15.5 Å². The van der Waals surface area contributed by atoms with Crippen LogP contribution in [0.5, 0.6) is 5.75 Å². The minimum atomic E-state index is -3.33. The molecule has 100 valence electrons. The molecule has 0 amide bonds. The lowest BCUT2D eigenvalue weighted by Crippen LogP contribution is -2.15. The molecule has 4 heteroatoms. The molecule has 0 bridgehead atoms. The molecular formula is C15H17O3P.